The summed E-state index contributed by atoms with van der Waals surface area (Å²) in [6.45, 7) is 6.58. The number of sulfonamides is 1. The smallest absolute Gasteiger partial charge is 0.339 e. The molecule has 1 aliphatic heterocycles. The second-order valence-corrected chi connectivity index (χ2v) is 11.6. The number of nitrogens with zero attached hydrogens (tertiary/aromatic N) is 2. The van der Waals surface area contributed by atoms with Gasteiger partial charge in [-0.25, -0.2) is 13.2 Å². The average molecular weight is 535 g/mol. The summed E-state index contributed by atoms with van der Waals surface area (Å²) in [6, 6.07) is 13.1. The number of hydrogen-bond acceptors (Lipinski definition) is 7. The molecule has 1 heterocycles. The van der Waals surface area contributed by atoms with E-state index in [0.29, 0.717) is 30.0 Å². The highest BCUT2D eigenvalue weighted by atomic mass is 32.2. The number of carbonyl (C=O) groups excluding carboxylic acids is 1. The molecule has 0 aromatic heterocycles. The molecule has 0 amide bonds. The predicted octanol–water partition coefficient (Wildman–Crippen LogP) is 6.41. The van der Waals surface area contributed by atoms with E-state index in [1.807, 2.05) is 36.6 Å². The van der Waals surface area contributed by atoms with Crippen LogP contribution in [0.4, 0.5) is 11.4 Å². The fourth-order valence-electron chi connectivity index (χ4n) is 4.89. The number of anilines is 2. The molecule has 0 spiro atoms. The van der Waals surface area contributed by atoms with E-state index in [4.69, 9.17) is 9.57 Å². The molecule has 0 radical (unpaired) electrons. The zero-order chi connectivity index (χ0) is 26.3. The molecule has 2 aromatic rings. The first-order chi connectivity index (χ1) is 17.3. The fraction of sp³-hybridized carbons (Fsp3) is 0.519. The molecule has 1 aliphatic rings. The minimum atomic E-state index is -4.12. The largest absolute Gasteiger partial charge is 0.462 e. The van der Waals surface area contributed by atoms with Crippen LogP contribution >= 0.6 is 11.8 Å². The molecule has 0 atom stereocenters. The summed E-state index contributed by atoms with van der Waals surface area (Å²) in [4.78, 5) is 21.4. The van der Waals surface area contributed by atoms with Gasteiger partial charge in [-0.2, -0.15) is 0 Å². The molecule has 7 nitrogen and oxygen atoms in total. The van der Waals surface area contributed by atoms with Gasteiger partial charge in [-0.05, 0) is 50.3 Å². The topological polar surface area (TPSA) is 76.2 Å². The number of carbonyl (C=O) groups is 1. The standard InChI is InChI=1S/C27H38N2O5S2/c1-6-9-16-27(17-10-7-2)20-28(21-14-12-11-13-15-21)23-19-24(35-5)22(26(30)34-8-3)18-25(23)36(31,32)29(27)33-4/h11-15,18-19H,6-10,16-17,20H2,1-5H3. The monoisotopic (exact) mass is 534 g/mol. The van der Waals surface area contributed by atoms with Crippen molar-refractivity contribution in [2.45, 2.75) is 74.6 Å². The van der Waals surface area contributed by atoms with Gasteiger partial charge >= 0.3 is 5.97 Å². The summed E-state index contributed by atoms with van der Waals surface area (Å²) in [6.07, 6.45) is 6.80. The Hall–Kier alpha value is -2.07. The number of hydrogen-bond donors (Lipinski definition) is 0. The maximum atomic E-state index is 14.3. The Morgan fingerprint density at radius 1 is 1.06 bits per heavy atom. The van der Waals surface area contributed by atoms with E-state index < -0.39 is 21.5 Å². The number of esters is 1. The van der Waals surface area contributed by atoms with Crippen LogP contribution < -0.4 is 4.90 Å². The summed E-state index contributed by atoms with van der Waals surface area (Å²) in [5.74, 6) is -0.539. The SMILES string of the molecule is CCCCC1(CCCC)CN(c2ccccc2)c2cc(SC)c(C(=O)OCC)cc2S(=O)(=O)N1OC. The van der Waals surface area contributed by atoms with Gasteiger partial charge in [0.15, 0.2) is 0 Å². The van der Waals surface area contributed by atoms with Crippen LogP contribution in [0.25, 0.3) is 0 Å². The molecule has 0 saturated heterocycles. The van der Waals surface area contributed by atoms with Gasteiger partial charge in [0.1, 0.15) is 4.90 Å². The third-order valence-corrected chi connectivity index (χ3v) is 9.26. The molecule has 0 fully saturated rings. The number of hydroxylamine groups is 1. The molecule has 0 unspecified atom stereocenters. The quantitative estimate of drug-likeness (QED) is 0.244. The molecule has 0 saturated carbocycles. The molecule has 2 aromatic carbocycles. The number of fused-ring (bicyclic) bond motifs is 1. The van der Waals surface area contributed by atoms with Crippen molar-refractivity contribution in [1.29, 1.82) is 0 Å². The zero-order valence-corrected chi connectivity index (χ0v) is 23.6. The lowest BCUT2D eigenvalue weighted by Gasteiger charge is -2.42. The summed E-state index contributed by atoms with van der Waals surface area (Å²) in [5.41, 5.74) is 0.888. The van der Waals surface area contributed by atoms with Gasteiger partial charge in [0, 0.05) is 17.1 Å². The summed E-state index contributed by atoms with van der Waals surface area (Å²) in [5, 5.41) is 0. The Labute approximate surface area is 220 Å². The van der Waals surface area contributed by atoms with Crippen molar-refractivity contribution in [2.75, 3.05) is 31.4 Å². The van der Waals surface area contributed by atoms with E-state index in [0.717, 1.165) is 31.4 Å². The van der Waals surface area contributed by atoms with Crippen molar-refractivity contribution in [2.24, 2.45) is 0 Å². The van der Waals surface area contributed by atoms with E-state index in [-0.39, 0.29) is 17.1 Å². The Bertz CT molecular complexity index is 1130. The van der Waals surface area contributed by atoms with Gasteiger partial charge in [0.05, 0.1) is 30.5 Å². The van der Waals surface area contributed by atoms with Crippen LogP contribution in [0.5, 0.6) is 0 Å². The van der Waals surface area contributed by atoms with E-state index in [1.165, 1.54) is 29.4 Å². The minimum Gasteiger partial charge on any atom is -0.462 e. The number of ether oxygens (including phenoxy) is 1. The van der Waals surface area contributed by atoms with Crippen LogP contribution in [0, 0.1) is 0 Å². The number of thioether (sulfide) groups is 1. The average Bonchev–Trinajstić information content (AvgIpc) is 2.96. The van der Waals surface area contributed by atoms with Gasteiger partial charge < -0.3 is 9.64 Å². The van der Waals surface area contributed by atoms with Crippen LogP contribution in [0.15, 0.2) is 52.3 Å². The predicted molar refractivity (Wildman–Crippen MR) is 145 cm³/mol. The van der Waals surface area contributed by atoms with Crippen LogP contribution in [0.3, 0.4) is 0 Å². The van der Waals surface area contributed by atoms with E-state index in [1.54, 1.807) is 13.0 Å². The van der Waals surface area contributed by atoms with E-state index in [9.17, 15) is 13.2 Å². The third-order valence-electron chi connectivity index (χ3n) is 6.63. The lowest BCUT2D eigenvalue weighted by atomic mass is 9.86. The van der Waals surface area contributed by atoms with Gasteiger partial charge in [-0.15, -0.1) is 11.8 Å². The van der Waals surface area contributed by atoms with Crippen molar-refractivity contribution in [3.8, 4) is 0 Å². The number of para-hydroxylation sites is 1. The first-order valence-corrected chi connectivity index (χ1v) is 15.3. The van der Waals surface area contributed by atoms with Crippen LogP contribution in [-0.2, 0) is 19.6 Å². The van der Waals surface area contributed by atoms with Crippen molar-refractivity contribution >= 4 is 39.1 Å². The number of rotatable bonds is 11. The summed E-state index contributed by atoms with van der Waals surface area (Å²) < 4.78 is 35.1. The molecule has 0 aliphatic carbocycles. The second kappa shape index (κ2) is 12.4. The van der Waals surface area contributed by atoms with Crippen LogP contribution in [0.1, 0.15) is 69.7 Å². The molecule has 9 heteroatoms. The lowest BCUT2D eigenvalue weighted by molar-refractivity contribution is -0.128. The maximum absolute atomic E-state index is 14.3. The highest BCUT2D eigenvalue weighted by molar-refractivity contribution is 7.98. The number of unbranched alkanes of at least 4 members (excludes halogenated alkanes) is 2. The fourth-order valence-corrected chi connectivity index (χ4v) is 7.31. The van der Waals surface area contributed by atoms with Crippen molar-refractivity contribution < 1.29 is 22.8 Å². The summed E-state index contributed by atoms with van der Waals surface area (Å²) >= 11 is 1.39. The minimum absolute atomic E-state index is 0.0453. The van der Waals surface area contributed by atoms with E-state index >= 15 is 0 Å². The van der Waals surface area contributed by atoms with Crippen molar-refractivity contribution in [1.82, 2.24) is 4.47 Å². The Morgan fingerprint density at radius 2 is 1.69 bits per heavy atom. The Balaban J connectivity index is 2.37. The molecule has 198 valence electrons. The van der Waals surface area contributed by atoms with Gasteiger partial charge in [-0.1, -0.05) is 62.2 Å². The molecular weight excluding hydrogens is 496 g/mol. The molecule has 36 heavy (non-hydrogen) atoms. The van der Waals surface area contributed by atoms with E-state index in [2.05, 4.69) is 18.7 Å². The Kier molecular flexibility index (Phi) is 9.86. The highest BCUT2D eigenvalue weighted by Crippen LogP contribution is 2.46. The molecular formula is C27H38N2O5S2. The highest BCUT2D eigenvalue weighted by Gasteiger charge is 2.50. The first kappa shape index (κ1) is 28.5. The van der Waals surface area contributed by atoms with Crippen LogP contribution in [0.2, 0.25) is 0 Å². The maximum Gasteiger partial charge on any atom is 0.339 e. The zero-order valence-electron chi connectivity index (χ0n) is 22.0. The van der Waals surface area contributed by atoms with Gasteiger partial charge in [0.2, 0.25) is 0 Å². The number of benzene rings is 2. The van der Waals surface area contributed by atoms with Gasteiger partial charge in [-0.3, -0.25) is 4.84 Å². The van der Waals surface area contributed by atoms with Crippen molar-refractivity contribution in [3.63, 3.8) is 0 Å². The first-order valence-electron chi connectivity index (χ1n) is 12.6. The Morgan fingerprint density at radius 3 is 2.22 bits per heavy atom. The van der Waals surface area contributed by atoms with Gasteiger partial charge in [0.25, 0.3) is 10.0 Å². The summed E-state index contributed by atoms with van der Waals surface area (Å²) in [7, 11) is -2.70. The third kappa shape index (κ3) is 5.59. The molecule has 3 rings (SSSR count). The molecule has 0 N–H and O–H groups in total. The normalized spacial score (nSPS) is 16.9. The van der Waals surface area contributed by atoms with Crippen LogP contribution in [-0.4, -0.2) is 50.9 Å². The lowest BCUT2D eigenvalue weighted by Crippen LogP contribution is -2.55. The molecule has 0 bridgehead atoms. The van der Waals surface area contributed by atoms with Crippen molar-refractivity contribution in [3.05, 3.63) is 48.0 Å². The second-order valence-electron chi connectivity index (χ2n) is 9.01.